The minimum absolute atomic E-state index is 0.243. The monoisotopic (exact) mass is 276 g/mol. The third-order valence-corrected chi connectivity index (χ3v) is 4.33. The van der Waals surface area contributed by atoms with Crippen molar-refractivity contribution in [2.45, 2.75) is 31.9 Å². The first-order chi connectivity index (χ1) is 8.92. The van der Waals surface area contributed by atoms with Gasteiger partial charge in [0.1, 0.15) is 5.01 Å². The summed E-state index contributed by atoms with van der Waals surface area (Å²) in [6.45, 7) is 6.46. The van der Waals surface area contributed by atoms with Gasteiger partial charge in [-0.05, 0) is 26.3 Å². The summed E-state index contributed by atoms with van der Waals surface area (Å²) >= 11 is 1.62. The van der Waals surface area contributed by atoms with Crippen molar-refractivity contribution in [2.75, 3.05) is 6.54 Å². The van der Waals surface area contributed by atoms with Crippen LogP contribution in [0.25, 0.3) is 0 Å². The second-order valence-corrected chi connectivity index (χ2v) is 6.35. The van der Waals surface area contributed by atoms with Crippen molar-refractivity contribution in [1.29, 1.82) is 0 Å². The Morgan fingerprint density at radius 1 is 1.21 bits per heavy atom. The summed E-state index contributed by atoms with van der Waals surface area (Å²) in [6, 6.07) is 9.72. The van der Waals surface area contributed by atoms with E-state index < -0.39 is 5.60 Å². The Kier molecular flexibility index (Phi) is 4.04. The molecule has 3 nitrogen and oxygen atoms in total. The lowest BCUT2D eigenvalue weighted by Crippen LogP contribution is -2.44. The standard InChI is InChI=1S/C15H20N2OS/c1-14(2,13-16-9-10-19-13)17-11-15(3,18)12-7-5-4-6-8-12/h4-10,17-18H,11H2,1-3H3. The Morgan fingerprint density at radius 3 is 2.47 bits per heavy atom. The van der Waals surface area contributed by atoms with Crippen LogP contribution in [0.15, 0.2) is 41.9 Å². The first-order valence-corrected chi connectivity index (χ1v) is 7.23. The highest BCUT2D eigenvalue weighted by atomic mass is 32.1. The van der Waals surface area contributed by atoms with Crippen molar-refractivity contribution in [3.63, 3.8) is 0 Å². The Balaban J connectivity index is 2.06. The number of benzene rings is 1. The zero-order valence-electron chi connectivity index (χ0n) is 11.6. The summed E-state index contributed by atoms with van der Waals surface area (Å²) in [4.78, 5) is 4.34. The second kappa shape index (κ2) is 5.41. The molecule has 2 aromatic rings. The molecule has 1 aromatic heterocycles. The molecule has 0 spiro atoms. The highest BCUT2D eigenvalue weighted by Gasteiger charge is 2.29. The fourth-order valence-corrected chi connectivity index (χ4v) is 2.64. The lowest BCUT2D eigenvalue weighted by Gasteiger charge is -2.31. The average molecular weight is 276 g/mol. The van der Waals surface area contributed by atoms with Gasteiger partial charge in [0, 0.05) is 18.1 Å². The molecule has 2 N–H and O–H groups in total. The molecule has 0 fully saturated rings. The molecule has 1 heterocycles. The SMILES string of the molecule is CC(O)(CNC(C)(C)c1nccs1)c1ccccc1. The molecule has 0 aliphatic carbocycles. The smallest absolute Gasteiger partial charge is 0.112 e. The normalized spacial score (nSPS) is 15.2. The van der Waals surface area contributed by atoms with E-state index in [4.69, 9.17) is 0 Å². The molecule has 19 heavy (non-hydrogen) atoms. The quantitative estimate of drug-likeness (QED) is 0.882. The van der Waals surface area contributed by atoms with Crippen molar-refractivity contribution >= 4 is 11.3 Å². The van der Waals surface area contributed by atoms with Gasteiger partial charge in [0.2, 0.25) is 0 Å². The summed E-state index contributed by atoms with van der Waals surface area (Å²) < 4.78 is 0. The molecular weight excluding hydrogens is 256 g/mol. The summed E-state index contributed by atoms with van der Waals surface area (Å²) in [7, 11) is 0. The number of hydrogen-bond donors (Lipinski definition) is 2. The lowest BCUT2D eigenvalue weighted by molar-refractivity contribution is 0.0488. The second-order valence-electron chi connectivity index (χ2n) is 5.46. The number of nitrogens with zero attached hydrogens (tertiary/aromatic N) is 1. The minimum atomic E-state index is -0.893. The van der Waals surface area contributed by atoms with Crippen LogP contribution in [-0.4, -0.2) is 16.6 Å². The van der Waals surface area contributed by atoms with Gasteiger partial charge in [-0.1, -0.05) is 30.3 Å². The maximum Gasteiger partial charge on any atom is 0.112 e. The van der Waals surface area contributed by atoms with Gasteiger partial charge in [-0.2, -0.15) is 0 Å². The molecule has 102 valence electrons. The molecular formula is C15H20N2OS. The van der Waals surface area contributed by atoms with Gasteiger partial charge in [-0.15, -0.1) is 11.3 Å². The Bertz CT molecular complexity index is 506. The van der Waals surface area contributed by atoms with Crippen LogP contribution in [0, 0.1) is 0 Å². The number of aliphatic hydroxyl groups is 1. The molecule has 0 bridgehead atoms. The number of rotatable bonds is 5. The van der Waals surface area contributed by atoms with E-state index in [0.717, 1.165) is 10.6 Å². The van der Waals surface area contributed by atoms with Gasteiger partial charge in [-0.25, -0.2) is 4.98 Å². The predicted octanol–water partition coefficient (Wildman–Crippen LogP) is 2.88. The van der Waals surface area contributed by atoms with Crippen LogP contribution >= 0.6 is 11.3 Å². The van der Waals surface area contributed by atoms with Crippen molar-refractivity contribution in [2.24, 2.45) is 0 Å². The molecule has 2 rings (SSSR count). The number of nitrogens with one attached hydrogen (secondary N) is 1. The predicted molar refractivity (Wildman–Crippen MR) is 79.2 cm³/mol. The Hall–Kier alpha value is -1.23. The molecule has 1 unspecified atom stereocenters. The van der Waals surface area contributed by atoms with Gasteiger partial charge >= 0.3 is 0 Å². The van der Waals surface area contributed by atoms with Crippen LogP contribution in [0.1, 0.15) is 31.3 Å². The average Bonchev–Trinajstić information content (AvgIpc) is 2.93. The topological polar surface area (TPSA) is 45.1 Å². The van der Waals surface area contributed by atoms with Crippen LogP contribution in [0.3, 0.4) is 0 Å². The third-order valence-electron chi connectivity index (χ3n) is 3.24. The number of hydrogen-bond acceptors (Lipinski definition) is 4. The highest BCUT2D eigenvalue weighted by Crippen LogP contribution is 2.25. The van der Waals surface area contributed by atoms with E-state index in [1.165, 1.54) is 0 Å². The van der Waals surface area contributed by atoms with Crippen molar-refractivity contribution in [3.8, 4) is 0 Å². The molecule has 1 aromatic carbocycles. The van der Waals surface area contributed by atoms with E-state index in [1.54, 1.807) is 17.5 Å². The number of thiazole rings is 1. The Morgan fingerprint density at radius 2 is 1.89 bits per heavy atom. The summed E-state index contributed by atoms with van der Waals surface area (Å²) in [5.41, 5.74) is -0.222. The molecule has 0 saturated heterocycles. The minimum Gasteiger partial charge on any atom is -0.384 e. The van der Waals surface area contributed by atoms with E-state index in [9.17, 15) is 5.11 Å². The summed E-state index contributed by atoms with van der Waals surface area (Å²) in [5, 5.41) is 17.0. The highest BCUT2D eigenvalue weighted by molar-refractivity contribution is 7.09. The van der Waals surface area contributed by atoms with E-state index in [-0.39, 0.29) is 5.54 Å². The Labute approximate surface area is 118 Å². The molecule has 0 aliphatic rings. The number of aromatic nitrogens is 1. The summed E-state index contributed by atoms with van der Waals surface area (Å²) in [5.74, 6) is 0. The van der Waals surface area contributed by atoms with Crippen molar-refractivity contribution in [1.82, 2.24) is 10.3 Å². The fourth-order valence-electron chi connectivity index (χ4n) is 1.90. The van der Waals surface area contributed by atoms with Crippen molar-refractivity contribution < 1.29 is 5.11 Å². The molecule has 0 radical (unpaired) electrons. The maximum atomic E-state index is 10.6. The van der Waals surface area contributed by atoms with Gasteiger partial charge in [0.25, 0.3) is 0 Å². The van der Waals surface area contributed by atoms with Crippen molar-refractivity contribution in [3.05, 3.63) is 52.5 Å². The van der Waals surface area contributed by atoms with E-state index in [2.05, 4.69) is 24.1 Å². The van der Waals surface area contributed by atoms with Crippen LogP contribution in [0.5, 0.6) is 0 Å². The zero-order valence-corrected chi connectivity index (χ0v) is 12.4. The van der Waals surface area contributed by atoms with Crippen LogP contribution in [0.2, 0.25) is 0 Å². The lowest BCUT2D eigenvalue weighted by atomic mass is 9.94. The summed E-state index contributed by atoms with van der Waals surface area (Å²) in [6.07, 6.45) is 1.80. The molecule has 0 saturated carbocycles. The maximum absolute atomic E-state index is 10.6. The molecule has 0 aliphatic heterocycles. The van der Waals surface area contributed by atoms with E-state index >= 15 is 0 Å². The first-order valence-electron chi connectivity index (χ1n) is 6.35. The van der Waals surface area contributed by atoms with Crippen LogP contribution < -0.4 is 5.32 Å². The largest absolute Gasteiger partial charge is 0.384 e. The third kappa shape index (κ3) is 3.41. The van der Waals surface area contributed by atoms with E-state index in [0.29, 0.717) is 6.54 Å². The first kappa shape index (κ1) is 14.2. The van der Waals surface area contributed by atoms with Crippen LogP contribution in [-0.2, 0) is 11.1 Å². The van der Waals surface area contributed by atoms with E-state index in [1.807, 2.05) is 42.6 Å². The van der Waals surface area contributed by atoms with Gasteiger partial charge in [0.15, 0.2) is 0 Å². The zero-order chi connectivity index (χ0) is 13.9. The fraction of sp³-hybridized carbons (Fsp3) is 0.400. The molecule has 4 heteroatoms. The van der Waals surface area contributed by atoms with Gasteiger partial charge < -0.3 is 10.4 Å². The molecule has 0 amide bonds. The molecule has 1 atom stereocenters. The van der Waals surface area contributed by atoms with Gasteiger partial charge in [-0.3, -0.25) is 0 Å². The van der Waals surface area contributed by atoms with Gasteiger partial charge in [0.05, 0.1) is 11.1 Å². The van der Waals surface area contributed by atoms with Crippen LogP contribution in [0.4, 0.5) is 0 Å².